The molecule has 2 bridgehead atoms. The maximum atomic E-state index is 13.1. The molecule has 4 aliphatic rings. The summed E-state index contributed by atoms with van der Waals surface area (Å²) >= 11 is 0. The largest absolute Gasteiger partial charge is 0.402 e. The lowest BCUT2D eigenvalue weighted by Gasteiger charge is -2.33. The van der Waals surface area contributed by atoms with Gasteiger partial charge < -0.3 is 0 Å². The quantitative estimate of drug-likeness (QED) is 0.559. The van der Waals surface area contributed by atoms with Crippen molar-refractivity contribution < 1.29 is 34.8 Å². The highest BCUT2D eigenvalue weighted by Crippen LogP contribution is 2.50. The molecule has 0 amide bonds. The molecule has 1 saturated carbocycles. The smallest absolute Gasteiger partial charge is 0.300 e. The van der Waals surface area contributed by atoms with Gasteiger partial charge in [0.25, 0.3) is 10.2 Å². The van der Waals surface area contributed by atoms with Gasteiger partial charge in [-0.05, 0) is 80.1 Å². The van der Waals surface area contributed by atoms with Crippen LogP contribution in [0.1, 0.15) is 42.4 Å². The van der Waals surface area contributed by atoms with E-state index in [1.807, 2.05) is 35.3 Å². The lowest BCUT2D eigenvalue weighted by Crippen LogP contribution is -2.52. The van der Waals surface area contributed by atoms with Gasteiger partial charge in [-0.3, -0.25) is 4.90 Å². The summed E-state index contributed by atoms with van der Waals surface area (Å²) in [5.41, 5.74) is 2.21. The average molecular weight is 552 g/mol. The highest BCUT2D eigenvalue weighted by atomic mass is 32.2. The molecule has 2 aliphatic carbocycles. The van der Waals surface area contributed by atoms with E-state index in [9.17, 15) is 34.8 Å². The lowest BCUT2D eigenvalue weighted by molar-refractivity contribution is -0.184. The van der Waals surface area contributed by atoms with Crippen LogP contribution in [-0.4, -0.2) is 68.2 Å². The predicted molar refractivity (Wildman–Crippen MR) is 127 cm³/mol. The van der Waals surface area contributed by atoms with Crippen molar-refractivity contribution in [3.8, 4) is 0 Å². The Morgan fingerprint density at radius 2 is 1.62 bits per heavy atom. The number of hydrogen-bond acceptors (Lipinski definition) is 3. The first-order valence-electron chi connectivity index (χ1n) is 12.7. The molecule has 3 fully saturated rings. The van der Waals surface area contributed by atoms with Gasteiger partial charge in [-0.1, -0.05) is 30.4 Å². The van der Waals surface area contributed by atoms with Crippen molar-refractivity contribution in [1.29, 1.82) is 0 Å². The standard InChI is InChI=1S/C25H31F6N3O2S/c26-24(27,28)16-34-15-23(32-37(34,35)36)21-5-6-22(23)14-19-12-17(3-4-18(19)13-21)2-1-9-33-10-7-20(8-11-33)25(29,30)31/h1-4,12,20-22,32H,5-11,13-16H2/b2-1+/t21?,22-,23-/m1/s1. The Hall–Kier alpha value is -1.63. The number of fused-ring (bicyclic) bond motifs is 1. The molecule has 0 aromatic heterocycles. The Bertz CT molecular complexity index is 1140. The van der Waals surface area contributed by atoms with Crippen LogP contribution in [0.15, 0.2) is 24.3 Å². The lowest BCUT2D eigenvalue weighted by atomic mass is 9.79. The fourth-order valence-electron chi connectivity index (χ4n) is 6.75. The average Bonchev–Trinajstić information content (AvgIpc) is 3.17. The maximum absolute atomic E-state index is 13.1. The van der Waals surface area contributed by atoms with Crippen LogP contribution in [0.3, 0.4) is 0 Å². The molecule has 3 atom stereocenters. The Kier molecular flexibility index (Phi) is 6.94. The molecule has 5 rings (SSSR count). The molecule has 2 saturated heterocycles. The number of nitrogens with one attached hydrogen (secondary N) is 1. The summed E-state index contributed by atoms with van der Waals surface area (Å²) in [6.45, 7) is -0.280. The first-order valence-corrected chi connectivity index (χ1v) is 14.1. The van der Waals surface area contributed by atoms with Crippen molar-refractivity contribution in [2.75, 3.05) is 32.7 Å². The summed E-state index contributed by atoms with van der Waals surface area (Å²) in [4.78, 5) is 2.00. The molecule has 2 heterocycles. The van der Waals surface area contributed by atoms with Gasteiger partial charge in [0.15, 0.2) is 0 Å². The summed E-state index contributed by atoms with van der Waals surface area (Å²) in [5.74, 6) is -1.39. The fraction of sp³-hybridized carbons (Fsp3) is 0.680. The molecule has 0 radical (unpaired) electrons. The molecule has 5 nitrogen and oxygen atoms in total. The van der Waals surface area contributed by atoms with Crippen molar-refractivity contribution in [2.24, 2.45) is 17.8 Å². The van der Waals surface area contributed by atoms with Crippen molar-refractivity contribution in [3.05, 3.63) is 41.0 Å². The number of likely N-dealkylation sites (tertiary alicyclic amines) is 1. The van der Waals surface area contributed by atoms with Gasteiger partial charge in [0.05, 0.1) is 11.5 Å². The van der Waals surface area contributed by atoms with Crippen molar-refractivity contribution in [1.82, 2.24) is 13.9 Å². The fourth-order valence-corrected chi connectivity index (χ4v) is 8.46. The van der Waals surface area contributed by atoms with E-state index in [4.69, 9.17) is 0 Å². The zero-order chi connectivity index (χ0) is 26.6. The van der Waals surface area contributed by atoms with Crippen molar-refractivity contribution in [2.45, 2.75) is 56.4 Å². The molecule has 1 aromatic carbocycles. The van der Waals surface area contributed by atoms with E-state index in [1.165, 1.54) is 0 Å². The van der Waals surface area contributed by atoms with Crippen molar-refractivity contribution in [3.63, 3.8) is 0 Å². The van der Waals surface area contributed by atoms with E-state index in [-0.39, 0.29) is 31.2 Å². The summed E-state index contributed by atoms with van der Waals surface area (Å²) in [5, 5.41) is 0. The van der Waals surface area contributed by atoms with Crippen molar-refractivity contribution >= 4 is 16.3 Å². The van der Waals surface area contributed by atoms with Crippen LogP contribution >= 0.6 is 0 Å². The van der Waals surface area contributed by atoms with Gasteiger partial charge >= 0.3 is 12.4 Å². The Labute approximate surface area is 213 Å². The maximum Gasteiger partial charge on any atom is 0.402 e. The van der Waals surface area contributed by atoms with Crippen LogP contribution in [-0.2, 0) is 23.1 Å². The van der Waals surface area contributed by atoms with E-state index >= 15 is 0 Å². The topological polar surface area (TPSA) is 52.7 Å². The minimum atomic E-state index is -4.61. The molecule has 37 heavy (non-hydrogen) atoms. The Balaban J connectivity index is 1.26. The normalized spacial score (nSPS) is 31.3. The minimum absolute atomic E-state index is 0.0761. The summed E-state index contributed by atoms with van der Waals surface area (Å²) in [7, 11) is -4.22. The third-order valence-electron chi connectivity index (χ3n) is 8.66. The Morgan fingerprint density at radius 1 is 0.973 bits per heavy atom. The predicted octanol–water partition coefficient (Wildman–Crippen LogP) is 4.55. The summed E-state index contributed by atoms with van der Waals surface area (Å²) < 4.78 is 106. The van der Waals surface area contributed by atoms with E-state index < -0.39 is 40.6 Å². The Morgan fingerprint density at radius 3 is 2.24 bits per heavy atom. The van der Waals surface area contributed by atoms with Gasteiger partial charge in [0, 0.05) is 13.1 Å². The summed E-state index contributed by atoms with van der Waals surface area (Å²) in [6.07, 6.45) is -1.92. The number of halogens is 6. The molecule has 1 N–H and O–H groups in total. The van der Waals surface area contributed by atoms with Gasteiger partial charge in [0.1, 0.15) is 6.54 Å². The zero-order valence-corrected chi connectivity index (χ0v) is 21.1. The SMILES string of the molecule is O=S1(=O)N[C@]2(CN1CC(F)(F)F)C1CC[C@@H]2Cc2cc(/C=C/CN3CCC(C(F)(F)F)CC3)ccc2C1. The number of hydrogen-bond donors (Lipinski definition) is 1. The second-order valence-corrected chi connectivity index (χ2v) is 12.6. The second-order valence-electron chi connectivity index (χ2n) is 11.0. The van der Waals surface area contributed by atoms with E-state index in [1.54, 1.807) is 0 Å². The molecule has 1 unspecified atom stereocenters. The molecule has 206 valence electrons. The van der Waals surface area contributed by atoms with Crippen LogP contribution in [0.2, 0.25) is 0 Å². The number of nitrogens with zero attached hydrogens (tertiary/aromatic N) is 2. The van der Waals surface area contributed by atoms with Gasteiger partial charge in [-0.2, -0.15) is 43.8 Å². The molecular weight excluding hydrogens is 520 g/mol. The van der Waals surface area contributed by atoms with Gasteiger partial charge in [0.2, 0.25) is 0 Å². The molecule has 12 heteroatoms. The summed E-state index contributed by atoms with van der Waals surface area (Å²) in [6, 6.07) is 6.02. The molecule has 1 spiro atoms. The van der Waals surface area contributed by atoms with Gasteiger partial charge in [-0.25, -0.2) is 0 Å². The van der Waals surface area contributed by atoms with Crippen LogP contribution in [0, 0.1) is 17.8 Å². The molecule has 2 aliphatic heterocycles. The van der Waals surface area contributed by atoms with Crippen LogP contribution in [0.5, 0.6) is 0 Å². The van der Waals surface area contributed by atoms with Crippen LogP contribution in [0.4, 0.5) is 26.3 Å². The van der Waals surface area contributed by atoms with Gasteiger partial charge in [-0.15, -0.1) is 0 Å². The van der Waals surface area contributed by atoms with Crippen LogP contribution < -0.4 is 4.72 Å². The first-order chi connectivity index (χ1) is 17.3. The third-order valence-corrected chi connectivity index (χ3v) is 10.2. The third kappa shape index (κ3) is 5.58. The van der Waals surface area contributed by atoms with Crippen LogP contribution in [0.25, 0.3) is 6.08 Å². The number of benzene rings is 1. The monoisotopic (exact) mass is 551 g/mol. The first kappa shape index (κ1) is 27.0. The molecule has 1 aromatic rings. The highest BCUT2D eigenvalue weighted by Gasteiger charge is 2.60. The minimum Gasteiger partial charge on any atom is -0.300 e. The van der Waals surface area contributed by atoms with E-state index in [2.05, 4.69) is 4.72 Å². The highest BCUT2D eigenvalue weighted by molar-refractivity contribution is 7.87. The number of rotatable bonds is 4. The number of alkyl halides is 6. The second kappa shape index (κ2) is 9.53. The zero-order valence-electron chi connectivity index (χ0n) is 20.3. The van der Waals surface area contributed by atoms with E-state index in [0.29, 0.717) is 36.8 Å². The molecular formula is C25H31F6N3O2S. The van der Waals surface area contributed by atoms with E-state index in [0.717, 1.165) is 29.5 Å². The number of piperidine rings is 1.